The molecule has 0 unspecified atom stereocenters. The van der Waals surface area contributed by atoms with Gasteiger partial charge in [0.05, 0.1) is 38.7 Å². The zero-order valence-electron chi connectivity index (χ0n) is 22.0. The predicted molar refractivity (Wildman–Crippen MR) is 164 cm³/mol. The Bertz CT molecular complexity index is 2170. The number of nitrogens with zero attached hydrogens (tertiary/aromatic N) is 4. The predicted octanol–water partition coefficient (Wildman–Crippen LogP) is 7.14. The number of aromatic nitrogens is 4. The number of pyridine rings is 1. The van der Waals surface area contributed by atoms with Crippen molar-refractivity contribution >= 4 is 65.3 Å². The Balaban J connectivity index is 1.46. The lowest BCUT2D eigenvalue weighted by atomic mass is 10.0. The number of nitrogens with one attached hydrogen (secondary N) is 1. The van der Waals surface area contributed by atoms with Crippen LogP contribution in [0.5, 0.6) is 0 Å². The summed E-state index contributed by atoms with van der Waals surface area (Å²) in [6, 6.07) is 26.6. The normalized spacial score (nSPS) is 11.7. The lowest BCUT2D eigenvalue weighted by molar-refractivity contribution is -0.114. The first kappa shape index (κ1) is 24.2. The van der Waals surface area contributed by atoms with Gasteiger partial charge in [-0.15, -0.1) is 0 Å². The van der Waals surface area contributed by atoms with Crippen molar-refractivity contribution in [1.82, 2.24) is 19.1 Å². The van der Waals surface area contributed by atoms with E-state index in [9.17, 15) is 9.59 Å². The molecule has 7 nitrogen and oxygen atoms in total. The van der Waals surface area contributed by atoms with Gasteiger partial charge in [-0.1, -0.05) is 60.7 Å². The van der Waals surface area contributed by atoms with Crippen LogP contribution in [-0.2, 0) is 11.3 Å². The van der Waals surface area contributed by atoms with Gasteiger partial charge in [0.25, 0.3) is 0 Å². The van der Waals surface area contributed by atoms with Crippen LogP contribution >= 0.6 is 11.3 Å². The van der Waals surface area contributed by atoms with Gasteiger partial charge < -0.3 is 5.32 Å². The molecule has 196 valence electrons. The van der Waals surface area contributed by atoms with Gasteiger partial charge >= 0.3 is 5.69 Å². The molecule has 7 rings (SSSR count). The summed E-state index contributed by atoms with van der Waals surface area (Å²) in [6.45, 7) is 4.17. The molecule has 3 aromatic heterocycles. The van der Waals surface area contributed by atoms with Gasteiger partial charge in [0, 0.05) is 18.9 Å². The highest BCUT2D eigenvalue weighted by atomic mass is 32.1. The number of thiazole rings is 1. The molecule has 0 aliphatic heterocycles. The third-order valence-electron chi connectivity index (χ3n) is 7.20. The fourth-order valence-corrected chi connectivity index (χ4v) is 6.35. The van der Waals surface area contributed by atoms with E-state index in [1.54, 1.807) is 0 Å². The van der Waals surface area contributed by atoms with E-state index in [2.05, 4.69) is 59.7 Å². The Hall–Kier alpha value is -4.82. The van der Waals surface area contributed by atoms with Crippen molar-refractivity contribution in [1.29, 1.82) is 0 Å². The molecule has 1 amide bonds. The minimum Gasteiger partial charge on any atom is -0.302 e. The number of anilines is 1. The standard InChI is InChI=1S/C32H25N5O2S/c1-3-14-36-28-18-33-26-12-9-22(23-10-13-27-29(17-23)40-31(35-27)34-19(2)38)16-25(26)30(28)37(32(36)39)24-11-8-20-6-4-5-7-21(20)15-24/h4-13,15-18H,3,14H2,1-2H3,(H,34,35,38). The number of rotatable bonds is 5. The molecule has 0 saturated heterocycles. The molecule has 8 heteroatoms. The third kappa shape index (κ3) is 3.96. The van der Waals surface area contributed by atoms with E-state index in [-0.39, 0.29) is 11.6 Å². The van der Waals surface area contributed by atoms with E-state index in [1.165, 1.54) is 18.3 Å². The van der Waals surface area contributed by atoms with Gasteiger partial charge in [-0.3, -0.25) is 18.9 Å². The molecule has 0 aliphatic carbocycles. The van der Waals surface area contributed by atoms with Crippen LogP contribution in [0.15, 0.2) is 89.9 Å². The smallest absolute Gasteiger partial charge is 0.302 e. The van der Waals surface area contributed by atoms with Crippen molar-refractivity contribution in [3.63, 3.8) is 0 Å². The summed E-state index contributed by atoms with van der Waals surface area (Å²) >= 11 is 1.45. The van der Waals surface area contributed by atoms with Gasteiger partial charge in [-0.25, -0.2) is 9.78 Å². The van der Waals surface area contributed by atoms with Crippen molar-refractivity contribution in [3.05, 3.63) is 95.5 Å². The molecule has 40 heavy (non-hydrogen) atoms. The number of hydrogen-bond donors (Lipinski definition) is 1. The largest absolute Gasteiger partial charge is 0.333 e. The Morgan fingerprint density at radius 2 is 1.70 bits per heavy atom. The first-order valence-electron chi connectivity index (χ1n) is 13.2. The fourth-order valence-electron chi connectivity index (χ4n) is 5.40. The van der Waals surface area contributed by atoms with E-state index >= 15 is 0 Å². The second-order valence-electron chi connectivity index (χ2n) is 9.91. The monoisotopic (exact) mass is 543 g/mol. The van der Waals surface area contributed by atoms with E-state index in [0.717, 1.165) is 66.2 Å². The molecule has 3 heterocycles. The van der Waals surface area contributed by atoms with Crippen molar-refractivity contribution in [2.45, 2.75) is 26.8 Å². The Morgan fingerprint density at radius 3 is 2.50 bits per heavy atom. The van der Waals surface area contributed by atoms with Crippen molar-refractivity contribution in [2.75, 3.05) is 5.32 Å². The molecular weight excluding hydrogens is 518 g/mol. The fraction of sp³-hybridized carbons (Fsp3) is 0.125. The number of benzene rings is 4. The average molecular weight is 544 g/mol. The highest BCUT2D eigenvalue weighted by Crippen LogP contribution is 2.34. The number of hydrogen-bond acceptors (Lipinski definition) is 5. The zero-order chi connectivity index (χ0) is 27.4. The number of amides is 1. The topological polar surface area (TPSA) is 81.8 Å². The summed E-state index contributed by atoms with van der Waals surface area (Å²) < 4.78 is 4.65. The quantitative estimate of drug-likeness (QED) is 0.250. The van der Waals surface area contributed by atoms with E-state index in [1.807, 2.05) is 51.7 Å². The van der Waals surface area contributed by atoms with E-state index < -0.39 is 0 Å². The maximum atomic E-state index is 13.9. The second-order valence-corrected chi connectivity index (χ2v) is 10.9. The summed E-state index contributed by atoms with van der Waals surface area (Å²) in [6.07, 6.45) is 2.66. The lowest BCUT2D eigenvalue weighted by Gasteiger charge is -2.09. The molecule has 4 aromatic carbocycles. The van der Waals surface area contributed by atoms with Crippen molar-refractivity contribution in [3.8, 4) is 16.8 Å². The summed E-state index contributed by atoms with van der Waals surface area (Å²) in [5, 5.41) is 6.49. The van der Waals surface area contributed by atoms with Crippen LogP contribution in [0, 0.1) is 0 Å². The van der Waals surface area contributed by atoms with E-state index in [4.69, 9.17) is 4.98 Å². The lowest BCUT2D eigenvalue weighted by Crippen LogP contribution is -2.23. The average Bonchev–Trinajstić information content (AvgIpc) is 3.49. The Morgan fingerprint density at radius 1 is 0.925 bits per heavy atom. The molecular formula is C32H25N5O2S. The van der Waals surface area contributed by atoms with Gasteiger partial charge in [0.15, 0.2) is 5.13 Å². The number of fused-ring (bicyclic) bond motifs is 5. The minimum absolute atomic E-state index is 0.0663. The van der Waals surface area contributed by atoms with Crippen molar-refractivity contribution in [2.24, 2.45) is 0 Å². The summed E-state index contributed by atoms with van der Waals surface area (Å²) in [5.74, 6) is -0.141. The molecule has 0 atom stereocenters. The third-order valence-corrected chi connectivity index (χ3v) is 8.13. The first-order chi connectivity index (χ1) is 19.5. The molecule has 0 saturated carbocycles. The maximum Gasteiger partial charge on any atom is 0.333 e. The number of aryl methyl sites for hydroxylation is 1. The number of carbonyl (C=O) groups excluding carboxylic acids is 1. The van der Waals surface area contributed by atoms with Crippen LogP contribution in [0.25, 0.3) is 59.7 Å². The van der Waals surface area contributed by atoms with Gasteiger partial charge in [-0.2, -0.15) is 0 Å². The number of carbonyl (C=O) groups is 1. The highest BCUT2D eigenvalue weighted by molar-refractivity contribution is 7.22. The van der Waals surface area contributed by atoms with Gasteiger partial charge in [0.1, 0.15) is 0 Å². The van der Waals surface area contributed by atoms with Gasteiger partial charge in [0.2, 0.25) is 5.91 Å². The van der Waals surface area contributed by atoms with E-state index in [0.29, 0.717) is 11.7 Å². The summed E-state index contributed by atoms with van der Waals surface area (Å²) in [4.78, 5) is 34.7. The highest BCUT2D eigenvalue weighted by Gasteiger charge is 2.19. The van der Waals surface area contributed by atoms with Crippen LogP contribution in [0.1, 0.15) is 20.3 Å². The summed E-state index contributed by atoms with van der Waals surface area (Å²) in [7, 11) is 0. The zero-order valence-corrected chi connectivity index (χ0v) is 22.8. The first-order valence-corrected chi connectivity index (χ1v) is 14.0. The molecule has 0 aliphatic rings. The van der Waals surface area contributed by atoms with Crippen LogP contribution in [0.3, 0.4) is 0 Å². The van der Waals surface area contributed by atoms with Crippen LogP contribution in [0.2, 0.25) is 0 Å². The molecule has 0 spiro atoms. The molecule has 0 fully saturated rings. The van der Waals surface area contributed by atoms with Gasteiger partial charge in [-0.05, 0) is 64.7 Å². The molecule has 1 N–H and O–H groups in total. The number of imidazole rings is 1. The Labute approximate surface area is 233 Å². The SMILES string of the molecule is CCCn1c(=O)n(-c2ccc3ccccc3c2)c2c3cc(-c4ccc5nc(NC(C)=O)sc5c4)ccc3ncc21. The van der Waals surface area contributed by atoms with Crippen LogP contribution in [-0.4, -0.2) is 25.0 Å². The molecule has 0 radical (unpaired) electrons. The Kier molecular flexibility index (Phi) is 5.71. The van der Waals surface area contributed by atoms with Crippen LogP contribution in [0.4, 0.5) is 5.13 Å². The maximum absolute atomic E-state index is 13.9. The van der Waals surface area contributed by atoms with Crippen molar-refractivity contribution < 1.29 is 4.79 Å². The summed E-state index contributed by atoms with van der Waals surface area (Å²) in [5.41, 5.74) is 6.14. The second kappa shape index (κ2) is 9.43. The molecule has 7 aromatic rings. The minimum atomic E-state index is -0.141. The molecule has 0 bridgehead atoms. The van der Waals surface area contributed by atoms with Crippen LogP contribution < -0.4 is 11.0 Å².